The van der Waals surface area contributed by atoms with Crippen LogP contribution in [0.15, 0.2) is 4.99 Å². The molecule has 0 aromatic carbocycles. The van der Waals surface area contributed by atoms with Crippen molar-refractivity contribution >= 4 is 18.0 Å². The van der Waals surface area contributed by atoms with Gasteiger partial charge in [0.15, 0.2) is 5.96 Å². The van der Waals surface area contributed by atoms with E-state index in [9.17, 15) is 9.59 Å². The van der Waals surface area contributed by atoms with Crippen LogP contribution >= 0.6 is 0 Å². The fourth-order valence-electron chi connectivity index (χ4n) is 2.96. The zero-order chi connectivity index (χ0) is 19.9. The van der Waals surface area contributed by atoms with Crippen molar-refractivity contribution in [3.8, 4) is 0 Å². The second-order valence-corrected chi connectivity index (χ2v) is 6.61. The number of hydrogen-bond donors (Lipinski definition) is 2. The average Bonchev–Trinajstić information content (AvgIpc) is 2.67. The second-order valence-electron chi connectivity index (χ2n) is 6.61. The minimum atomic E-state index is -0.219. The van der Waals surface area contributed by atoms with Crippen LogP contribution < -0.4 is 10.6 Å². The van der Waals surface area contributed by atoms with Gasteiger partial charge in [0.1, 0.15) is 0 Å². The average molecular weight is 385 g/mol. The highest BCUT2D eigenvalue weighted by Crippen LogP contribution is 2.11. The molecule has 0 saturated carbocycles. The minimum Gasteiger partial charge on any atom is -0.469 e. The number of ether oxygens (including phenoxy) is 2. The van der Waals surface area contributed by atoms with Crippen LogP contribution in [0.3, 0.4) is 0 Å². The molecule has 1 amide bonds. The zero-order valence-corrected chi connectivity index (χ0v) is 17.1. The number of piperidine rings is 1. The number of rotatable bonds is 10. The molecule has 0 spiro atoms. The van der Waals surface area contributed by atoms with E-state index in [4.69, 9.17) is 4.74 Å². The van der Waals surface area contributed by atoms with Gasteiger partial charge in [-0.15, -0.1) is 0 Å². The molecule has 0 aromatic heterocycles. The third-order valence-electron chi connectivity index (χ3n) is 4.49. The van der Waals surface area contributed by atoms with E-state index >= 15 is 0 Å². The van der Waals surface area contributed by atoms with E-state index in [0.717, 1.165) is 57.6 Å². The Morgan fingerprint density at radius 1 is 1.11 bits per heavy atom. The lowest BCUT2D eigenvalue weighted by atomic mass is 10.1. The molecule has 1 saturated heterocycles. The van der Waals surface area contributed by atoms with Crippen LogP contribution in [-0.2, 0) is 14.3 Å². The van der Waals surface area contributed by atoms with E-state index in [0.29, 0.717) is 32.2 Å². The van der Waals surface area contributed by atoms with Gasteiger partial charge in [-0.2, -0.15) is 0 Å². The normalized spacial score (nSPS) is 15.4. The van der Waals surface area contributed by atoms with E-state index < -0.39 is 0 Å². The molecule has 1 aliphatic rings. The Labute approximate surface area is 163 Å². The van der Waals surface area contributed by atoms with Gasteiger partial charge in [-0.05, 0) is 39.5 Å². The number of amides is 1. The molecule has 156 valence electrons. The van der Waals surface area contributed by atoms with Crippen molar-refractivity contribution in [1.82, 2.24) is 15.5 Å². The molecule has 8 heteroatoms. The van der Waals surface area contributed by atoms with Crippen LogP contribution in [-0.4, -0.2) is 68.9 Å². The van der Waals surface area contributed by atoms with Crippen LogP contribution in [0.1, 0.15) is 58.8 Å². The maximum atomic E-state index is 11.8. The summed E-state index contributed by atoms with van der Waals surface area (Å²) in [4.78, 5) is 29.2. The third-order valence-corrected chi connectivity index (χ3v) is 4.49. The predicted molar refractivity (Wildman–Crippen MR) is 106 cm³/mol. The predicted octanol–water partition coefficient (Wildman–Crippen LogP) is 2.29. The second kappa shape index (κ2) is 14.1. The molecule has 1 fully saturated rings. The molecule has 1 aliphatic heterocycles. The summed E-state index contributed by atoms with van der Waals surface area (Å²) in [5, 5.41) is 6.75. The van der Waals surface area contributed by atoms with Gasteiger partial charge in [0, 0.05) is 38.6 Å². The SMILES string of the molecule is CCNC(=NCCCCCCC(=O)OC)NC1CCN(C(=O)OCC)CC1. The number of carbonyl (C=O) groups is 2. The summed E-state index contributed by atoms with van der Waals surface area (Å²) in [6.07, 6.45) is 5.98. The lowest BCUT2D eigenvalue weighted by molar-refractivity contribution is -0.140. The number of carbonyl (C=O) groups excluding carboxylic acids is 2. The molecule has 0 aliphatic carbocycles. The molecule has 27 heavy (non-hydrogen) atoms. The highest BCUT2D eigenvalue weighted by Gasteiger charge is 2.23. The largest absolute Gasteiger partial charge is 0.469 e. The summed E-state index contributed by atoms with van der Waals surface area (Å²) in [5.74, 6) is 0.697. The first-order valence-corrected chi connectivity index (χ1v) is 10.1. The molecule has 2 N–H and O–H groups in total. The number of hydrogen-bond acceptors (Lipinski definition) is 5. The standard InChI is InChI=1S/C19H36N4O4/c1-4-20-18(21-13-9-7-6-8-10-17(24)26-3)22-16-11-14-23(15-12-16)19(25)27-5-2/h16H,4-15H2,1-3H3,(H2,20,21,22). The van der Waals surface area contributed by atoms with E-state index in [1.807, 2.05) is 13.8 Å². The first-order chi connectivity index (χ1) is 13.1. The lowest BCUT2D eigenvalue weighted by Crippen LogP contribution is -2.49. The molecule has 1 rings (SSSR count). The number of esters is 1. The first-order valence-electron chi connectivity index (χ1n) is 10.1. The lowest BCUT2D eigenvalue weighted by Gasteiger charge is -2.32. The molecule has 0 aromatic rings. The number of methoxy groups -OCH3 is 1. The van der Waals surface area contributed by atoms with Crippen molar-refractivity contribution in [2.24, 2.45) is 4.99 Å². The first kappa shape index (κ1) is 23.0. The van der Waals surface area contributed by atoms with Gasteiger partial charge < -0.3 is 25.0 Å². The smallest absolute Gasteiger partial charge is 0.409 e. The Kier molecular flexibility index (Phi) is 12.1. The summed E-state index contributed by atoms with van der Waals surface area (Å²) < 4.78 is 9.69. The van der Waals surface area contributed by atoms with Crippen LogP contribution in [0.25, 0.3) is 0 Å². The molecule has 0 radical (unpaired) electrons. The van der Waals surface area contributed by atoms with Crippen molar-refractivity contribution in [3.63, 3.8) is 0 Å². The summed E-state index contributed by atoms with van der Waals surface area (Å²) in [7, 11) is 1.42. The van der Waals surface area contributed by atoms with Gasteiger partial charge in [-0.3, -0.25) is 9.79 Å². The van der Waals surface area contributed by atoms with Gasteiger partial charge in [0.05, 0.1) is 13.7 Å². The van der Waals surface area contributed by atoms with E-state index in [1.165, 1.54) is 7.11 Å². The quantitative estimate of drug-likeness (QED) is 0.260. The molecule has 8 nitrogen and oxygen atoms in total. The number of nitrogens with zero attached hydrogens (tertiary/aromatic N) is 2. The zero-order valence-electron chi connectivity index (χ0n) is 17.1. The van der Waals surface area contributed by atoms with Crippen molar-refractivity contribution in [1.29, 1.82) is 0 Å². The number of unbranched alkanes of at least 4 members (excludes halogenated alkanes) is 3. The Bertz CT molecular complexity index is 463. The van der Waals surface area contributed by atoms with Gasteiger partial charge in [0.25, 0.3) is 0 Å². The fourth-order valence-corrected chi connectivity index (χ4v) is 2.96. The number of likely N-dealkylation sites (tertiary alicyclic amines) is 1. The van der Waals surface area contributed by atoms with Crippen LogP contribution in [0.5, 0.6) is 0 Å². The topological polar surface area (TPSA) is 92.3 Å². The molecule has 0 atom stereocenters. The molecule has 0 unspecified atom stereocenters. The molecule has 1 heterocycles. The van der Waals surface area contributed by atoms with Gasteiger partial charge in [0.2, 0.25) is 0 Å². The molecular formula is C19H36N4O4. The van der Waals surface area contributed by atoms with E-state index in [1.54, 1.807) is 4.90 Å². The maximum Gasteiger partial charge on any atom is 0.409 e. The molecular weight excluding hydrogens is 348 g/mol. The Morgan fingerprint density at radius 3 is 2.44 bits per heavy atom. The highest BCUT2D eigenvalue weighted by molar-refractivity contribution is 5.80. The Morgan fingerprint density at radius 2 is 1.81 bits per heavy atom. The summed E-state index contributed by atoms with van der Waals surface area (Å²) in [6, 6.07) is 0.313. The molecule has 0 bridgehead atoms. The Balaban J connectivity index is 2.25. The van der Waals surface area contributed by atoms with E-state index in [2.05, 4.69) is 20.4 Å². The fraction of sp³-hybridized carbons (Fsp3) is 0.842. The van der Waals surface area contributed by atoms with Crippen molar-refractivity contribution in [2.75, 3.05) is 39.9 Å². The summed E-state index contributed by atoms with van der Waals surface area (Å²) in [6.45, 7) is 7.27. The number of aliphatic imine (C=N–C) groups is 1. The number of nitrogens with one attached hydrogen (secondary N) is 2. The van der Waals surface area contributed by atoms with Crippen molar-refractivity contribution in [3.05, 3.63) is 0 Å². The maximum absolute atomic E-state index is 11.8. The van der Waals surface area contributed by atoms with Crippen LogP contribution in [0.2, 0.25) is 0 Å². The Hall–Kier alpha value is -1.99. The minimum absolute atomic E-state index is 0.138. The van der Waals surface area contributed by atoms with E-state index in [-0.39, 0.29) is 12.1 Å². The summed E-state index contributed by atoms with van der Waals surface area (Å²) in [5.41, 5.74) is 0. The third kappa shape index (κ3) is 10.1. The monoisotopic (exact) mass is 384 g/mol. The number of guanidine groups is 1. The van der Waals surface area contributed by atoms with Crippen LogP contribution in [0, 0.1) is 0 Å². The van der Waals surface area contributed by atoms with Gasteiger partial charge in [-0.25, -0.2) is 4.79 Å². The highest BCUT2D eigenvalue weighted by atomic mass is 16.6. The van der Waals surface area contributed by atoms with Gasteiger partial charge in [-0.1, -0.05) is 12.8 Å². The van der Waals surface area contributed by atoms with Crippen molar-refractivity contribution < 1.29 is 19.1 Å². The van der Waals surface area contributed by atoms with Crippen molar-refractivity contribution in [2.45, 2.75) is 64.8 Å². The summed E-state index contributed by atoms with van der Waals surface area (Å²) >= 11 is 0. The van der Waals surface area contributed by atoms with Crippen LogP contribution in [0.4, 0.5) is 4.79 Å². The van der Waals surface area contributed by atoms with Gasteiger partial charge >= 0.3 is 12.1 Å².